The van der Waals surface area contributed by atoms with Crippen LogP contribution in [0.2, 0.25) is 0 Å². The summed E-state index contributed by atoms with van der Waals surface area (Å²) in [6.07, 6.45) is 4.16. The van der Waals surface area contributed by atoms with Crippen LogP contribution in [0.15, 0.2) is 53.7 Å². The minimum atomic E-state index is -3.84. The number of rotatable bonds is 7. The van der Waals surface area contributed by atoms with Gasteiger partial charge in [-0.1, -0.05) is 26.0 Å². The van der Waals surface area contributed by atoms with Crippen LogP contribution in [0, 0.1) is 0 Å². The fraction of sp³-hybridized carbons (Fsp3) is 0.263. The first kappa shape index (κ1) is 19.1. The molecular formula is C19H21N3O4S. The van der Waals surface area contributed by atoms with E-state index in [0.29, 0.717) is 12.0 Å². The molecule has 0 saturated carbocycles. The number of carboxylic acid groups (broad SMARTS) is 1. The number of hydrogen-bond acceptors (Lipinski definition) is 4. The Bertz CT molecular complexity index is 1050. The maximum Gasteiger partial charge on any atom is 0.335 e. The lowest BCUT2D eigenvalue weighted by atomic mass is 10.0. The lowest BCUT2D eigenvalue weighted by Crippen LogP contribution is -2.27. The van der Waals surface area contributed by atoms with Crippen molar-refractivity contribution in [3.05, 3.63) is 65.6 Å². The highest BCUT2D eigenvalue weighted by atomic mass is 32.2. The number of nitrogens with zero attached hydrogens (tertiary/aromatic N) is 2. The average Bonchev–Trinajstić information content (AvgIpc) is 3.03. The molecule has 0 fully saturated rings. The van der Waals surface area contributed by atoms with E-state index in [-0.39, 0.29) is 22.9 Å². The summed E-state index contributed by atoms with van der Waals surface area (Å²) in [6, 6.07) is 9.85. The van der Waals surface area contributed by atoms with Crippen molar-refractivity contribution in [2.24, 2.45) is 0 Å². The summed E-state index contributed by atoms with van der Waals surface area (Å²) in [7, 11) is -3.84. The van der Waals surface area contributed by atoms with Crippen molar-refractivity contribution in [3.8, 4) is 0 Å². The molecule has 2 heterocycles. The van der Waals surface area contributed by atoms with E-state index in [4.69, 9.17) is 0 Å². The number of hydrogen-bond donors (Lipinski definition) is 2. The number of carboxylic acids is 1. The molecule has 3 rings (SSSR count). The van der Waals surface area contributed by atoms with E-state index in [1.165, 1.54) is 12.1 Å². The molecule has 0 amide bonds. The highest BCUT2D eigenvalue weighted by Crippen LogP contribution is 2.25. The van der Waals surface area contributed by atoms with Gasteiger partial charge >= 0.3 is 5.97 Å². The van der Waals surface area contributed by atoms with Crippen molar-refractivity contribution in [3.63, 3.8) is 0 Å². The van der Waals surface area contributed by atoms with E-state index in [2.05, 4.69) is 9.71 Å². The third-order valence-corrected chi connectivity index (χ3v) is 5.78. The second kappa shape index (κ2) is 7.50. The Kier molecular flexibility index (Phi) is 5.29. The van der Waals surface area contributed by atoms with E-state index in [9.17, 15) is 18.3 Å². The van der Waals surface area contributed by atoms with Gasteiger partial charge in [-0.15, -0.1) is 0 Å². The SMILES string of the molecule is CC(C)c1ccc(C(=O)O)cc1S(=O)(=O)NCCc1cn2ccccc2n1. The first-order chi connectivity index (χ1) is 12.8. The number of fused-ring (bicyclic) bond motifs is 1. The summed E-state index contributed by atoms with van der Waals surface area (Å²) in [5, 5.41) is 9.17. The molecule has 0 aliphatic rings. The molecule has 0 unspecified atom stereocenters. The van der Waals surface area contributed by atoms with Crippen LogP contribution in [0.1, 0.15) is 41.4 Å². The molecular weight excluding hydrogens is 366 g/mol. The van der Waals surface area contributed by atoms with Crippen molar-refractivity contribution < 1.29 is 18.3 Å². The van der Waals surface area contributed by atoms with Crippen LogP contribution in [-0.2, 0) is 16.4 Å². The number of imidazole rings is 1. The second-order valence-corrected chi connectivity index (χ2v) is 8.29. The molecule has 0 atom stereocenters. The van der Waals surface area contributed by atoms with Gasteiger partial charge in [0.25, 0.3) is 0 Å². The Hall–Kier alpha value is -2.71. The third kappa shape index (κ3) is 4.17. The minimum absolute atomic E-state index is 0.00685. The van der Waals surface area contributed by atoms with Gasteiger partial charge in [-0.2, -0.15) is 0 Å². The molecule has 0 aliphatic carbocycles. The molecule has 2 N–H and O–H groups in total. The number of aromatic nitrogens is 2. The van der Waals surface area contributed by atoms with Crippen molar-refractivity contribution in [1.82, 2.24) is 14.1 Å². The van der Waals surface area contributed by atoms with Gasteiger partial charge in [0.2, 0.25) is 10.0 Å². The standard InChI is InChI=1S/C19H21N3O4S/c1-13(2)16-7-6-14(19(23)24)11-17(16)27(25,26)20-9-8-15-12-22-10-4-3-5-18(22)21-15/h3-7,10-13,20H,8-9H2,1-2H3,(H,23,24). The topological polar surface area (TPSA) is 101 Å². The van der Waals surface area contributed by atoms with Crippen molar-refractivity contribution >= 4 is 21.6 Å². The highest BCUT2D eigenvalue weighted by Gasteiger charge is 2.22. The van der Waals surface area contributed by atoms with Gasteiger partial charge in [0, 0.05) is 25.4 Å². The largest absolute Gasteiger partial charge is 0.478 e. The zero-order chi connectivity index (χ0) is 19.6. The van der Waals surface area contributed by atoms with Crippen LogP contribution in [-0.4, -0.2) is 35.4 Å². The first-order valence-corrected chi connectivity index (χ1v) is 10.1. The maximum absolute atomic E-state index is 12.8. The van der Waals surface area contributed by atoms with E-state index in [0.717, 1.165) is 11.3 Å². The second-order valence-electron chi connectivity index (χ2n) is 6.56. The third-order valence-electron chi connectivity index (χ3n) is 4.26. The molecule has 27 heavy (non-hydrogen) atoms. The van der Waals surface area contributed by atoms with Crippen LogP contribution >= 0.6 is 0 Å². The average molecular weight is 387 g/mol. The Morgan fingerprint density at radius 1 is 1.26 bits per heavy atom. The lowest BCUT2D eigenvalue weighted by molar-refractivity contribution is 0.0696. The molecule has 0 saturated heterocycles. The van der Waals surface area contributed by atoms with Gasteiger partial charge in [0.05, 0.1) is 16.2 Å². The maximum atomic E-state index is 12.8. The normalized spacial score (nSPS) is 12.0. The van der Waals surface area contributed by atoms with Crippen LogP contribution in [0.25, 0.3) is 5.65 Å². The number of sulfonamides is 1. The van der Waals surface area contributed by atoms with Gasteiger partial charge < -0.3 is 9.51 Å². The lowest BCUT2D eigenvalue weighted by Gasteiger charge is -2.14. The number of pyridine rings is 1. The zero-order valence-electron chi connectivity index (χ0n) is 15.1. The summed E-state index contributed by atoms with van der Waals surface area (Å²) in [6.45, 7) is 3.90. The van der Waals surface area contributed by atoms with Gasteiger partial charge in [-0.25, -0.2) is 22.9 Å². The number of aromatic carboxylic acids is 1. The Labute approximate surface area is 157 Å². The molecule has 0 bridgehead atoms. The summed E-state index contributed by atoms with van der Waals surface area (Å²) in [5.41, 5.74) is 2.10. The van der Waals surface area contributed by atoms with Crippen LogP contribution < -0.4 is 4.72 Å². The molecule has 0 spiro atoms. The molecule has 0 aliphatic heterocycles. The predicted octanol–water partition coefficient (Wildman–Crippen LogP) is 2.68. The number of carbonyl (C=O) groups is 1. The smallest absolute Gasteiger partial charge is 0.335 e. The van der Waals surface area contributed by atoms with E-state index >= 15 is 0 Å². The molecule has 7 nitrogen and oxygen atoms in total. The molecule has 8 heteroatoms. The number of nitrogens with one attached hydrogen (secondary N) is 1. The van der Waals surface area contributed by atoms with Gasteiger partial charge in [0.15, 0.2) is 0 Å². The summed E-state index contributed by atoms with van der Waals surface area (Å²) < 4.78 is 30.0. The Morgan fingerprint density at radius 3 is 2.70 bits per heavy atom. The van der Waals surface area contributed by atoms with Gasteiger partial charge in [-0.05, 0) is 35.7 Å². The minimum Gasteiger partial charge on any atom is -0.478 e. The zero-order valence-corrected chi connectivity index (χ0v) is 15.9. The van der Waals surface area contributed by atoms with Crippen LogP contribution in [0.5, 0.6) is 0 Å². The molecule has 0 radical (unpaired) electrons. The van der Waals surface area contributed by atoms with Gasteiger partial charge in [0.1, 0.15) is 5.65 Å². The first-order valence-electron chi connectivity index (χ1n) is 8.57. The monoisotopic (exact) mass is 387 g/mol. The molecule has 3 aromatic rings. The molecule has 1 aromatic carbocycles. The summed E-state index contributed by atoms with van der Waals surface area (Å²) in [4.78, 5) is 15.7. The fourth-order valence-corrected chi connectivity index (χ4v) is 4.30. The summed E-state index contributed by atoms with van der Waals surface area (Å²) in [5.74, 6) is -1.22. The fourth-order valence-electron chi connectivity index (χ4n) is 2.88. The van der Waals surface area contributed by atoms with Crippen molar-refractivity contribution in [2.45, 2.75) is 31.1 Å². The predicted molar refractivity (Wildman–Crippen MR) is 102 cm³/mol. The van der Waals surface area contributed by atoms with Crippen LogP contribution in [0.3, 0.4) is 0 Å². The van der Waals surface area contributed by atoms with E-state index in [1.807, 2.05) is 48.8 Å². The highest BCUT2D eigenvalue weighted by molar-refractivity contribution is 7.89. The summed E-state index contributed by atoms with van der Waals surface area (Å²) >= 11 is 0. The van der Waals surface area contributed by atoms with Crippen molar-refractivity contribution in [2.75, 3.05) is 6.54 Å². The quantitative estimate of drug-likeness (QED) is 0.649. The van der Waals surface area contributed by atoms with E-state index in [1.54, 1.807) is 6.07 Å². The Morgan fingerprint density at radius 2 is 2.04 bits per heavy atom. The molecule has 142 valence electrons. The van der Waals surface area contributed by atoms with Gasteiger partial charge in [-0.3, -0.25) is 0 Å². The van der Waals surface area contributed by atoms with Crippen LogP contribution in [0.4, 0.5) is 0 Å². The van der Waals surface area contributed by atoms with E-state index < -0.39 is 16.0 Å². The van der Waals surface area contributed by atoms with Crippen molar-refractivity contribution in [1.29, 1.82) is 0 Å². The number of benzene rings is 1. The molecule has 2 aromatic heterocycles. The Balaban J connectivity index is 1.79.